The Morgan fingerprint density at radius 2 is 1.80 bits per heavy atom. The van der Waals surface area contributed by atoms with E-state index in [2.05, 4.69) is 10.1 Å². The minimum absolute atomic E-state index is 0.0658. The van der Waals surface area contributed by atoms with E-state index < -0.39 is 17.9 Å². The minimum Gasteiger partial charge on any atom is -0.493 e. The highest BCUT2D eigenvalue weighted by Crippen LogP contribution is 2.30. The number of imide groups is 1. The summed E-state index contributed by atoms with van der Waals surface area (Å²) in [6.07, 6.45) is 1.58. The number of carbonyl (C=O) groups is 3. The monoisotopic (exact) mass is 476 g/mol. The highest BCUT2D eigenvalue weighted by atomic mass is 16.5. The van der Waals surface area contributed by atoms with E-state index in [4.69, 9.17) is 13.9 Å². The molecule has 35 heavy (non-hydrogen) atoms. The van der Waals surface area contributed by atoms with Crippen LogP contribution in [0.25, 0.3) is 6.08 Å². The molecule has 9 heteroatoms. The van der Waals surface area contributed by atoms with Gasteiger partial charge in [0.05, 0.1) is 20.8 Å². The SMILES string of the molecule is COC(=O)c1ccc(COc2ccc(C=C3NC(=O)N(Cc4ccc(C)cc4)C3=O)cc2OC)o1. The first-order chi connectivity index (χ1) is 16.9. The van der Waals surface area contributed by atoms with Crippen LogP contribution in [0.3, 0.4) is 0 Å². The van der Waals surface area contributed by atoms with E-state index in [-0.39, 0.29) is 24.6 Å². The number of hydrogen-bond donors (Lipinski definition) is 1. The number of ether oxygens (including phenoxy) is 3. The summed E-state index contributed by atoms with van der Waals surface area (Å²) in [4.78, 5) is 37.9. The van der Waals surface area contributed by atoms with Crippen LogP contribution in [0.5, 0.6) is 11.5 Å². The first kappa shape index (κ1) is 23.6. The first-order valence-corrected chi connectivity index (χ1v) is 10.8. The summed E-state index contributed by atoms with van der Waals surface area (Å²) < 4.78 is 21.2. The molecular formula is C26H24N2O7. The van der Waals surface area contributed by atoms with Gasteiger partial charge in [-0.1, -0.05) is 35.9 Å². The van der Waals surface area contributed by atoms with Crippen LogP contribution in [0.15, 0.2) is 64.7 Å². The molecule has 1 aromatic heterocycles. The lowest BCUT2D eigenvalue weighted by Gasteiger charge is -2.12. The second kappa shape index (κ2) is 10.2. The molecule has 0 atom stereocenters. The fraction of sp³-hybridized carbons (Fsp3) is 0.192. The third-order valence-corrected chi connectivity index (χ3v) is 5.34. The summed E-state index contributed by atoms with van der Waals surface area (Å²) in [7, 11) is 2.77. The summed E-state index contributed by atoms with van der Waals surface area (Å²) in [5, 5.41) is 2.63. The molecule has 1 aliphatic heterocycles. The maximum absolute atomic E-state index is 12.8. The number of carbonyl (C=O) groups excluding carboxylic acids is 3. The molecule has 0 radical (unpaired) electrons. The van der Waals surface area contributed by atoms with Gasteiger partial charge in [0.1, 0.15) is 18.1 Å². The van der Waals surface area contributed by atoms with Crippen molar-refractivity contribution in [3.05, 3.63) is 88.5 Å². The van der Waals surface area contributed by atoms with Crippen molar-refractivity contribution in [3.63, 3.8) is 0 Å². The Kier molecular flexibility index (Phi) is 6.86. The van der Waals surface area contributed by atoms with Crippen molar-refractivity contribution in [2.24, 2.45) is 0 Å². The second-order valence-corrected chi connectivity index (χ2v) is 7.82. The fourth-order valence-corrected chi connectivity index (χ4v) is 3.47. The zero-order chi connectivity index (χ0) is 24.9. The Morgan fingerprint density at radius 1 is 1.03 bits per heavy atom. The van der Waals surface area contributed by atoms with E-state index in [1.807, 2.05) is 31.2 Å². The van der Waals surface area contributed by atoms with Crippen LogP contribution < -0.4 is 14.8 Å². The maximum Gasteiger partial charge on any atom is 0.373 e. The molecule has 1 N–H and O–H groups in total. The summed E-state index contributed by atoms with van der Waals surface area (Å²) in [6, 6.07) is 15.4. The van der Waals surface area contributed by atoms with Gasteiger partial charge in [-0.05, 0) is 48.4 Å². The molecular weight excluding hydrogens is 452 g/mol. The molecule has 4 rings (SSSR count). The second-order valence-electron chi connectivity index (χ2n) is 7.82. The lowest BCUT2D eigenvalue weighted by atomic mass is 10.1. The highest BCUT2D eigenvalue weighted by molar-refractivity contribution is 6.13. The highest BCUT2D eigenvalue weighted by Gasteiger charge is 2.33. The summed E-state index contributed by atoms with van der Waals surface area (Å²) in [5.41, 5.74) is 2.77. The van der Waals surface area contributed by atoms with Gasteiger partial charge < -0.3 is 23.9 Å². The molecule has 1 fully saturated rings. The number of rotatable bonds is 8. The lowest BCUT2D eigenvalue weighted by molar-refractivity contribution is -0.123. The van der Waals surface area contributed by atoms with E-state index in [0.717, 1.165) is 16.0 Å². The van der Waals surface area contributed by atoms with Gasteiger partial charge in [0.15, 0.2) is 11.5 Å². The number of benzene rings is 2. The predicted molar refractivity (Wildman–Crippen MR) is 126 cm³/mol. The number of methoxy groups -OCH3 is 2. The van der Waals surface area contributed by atoms with Gasteiger partial charge in [0.25, 0.3) is 5.91 Å². The Bertz CT molecular complexity index is 1290. The molecule has 2 aromatic carbocycles. The topological polar surface area (TPSA) is 107 Å². The number of nitrogens with one attached hydrogen (secondary N) is 1. The van der Waals surface area contributed by atoms with Gasteiger partial charge in [-0.3, -0.25) is 9.69 Å². The van der Waals surface area contributed by atoms with E-state index in [9.17, 15) is 14.4 Å². The molecule has 9 nitrogen and oxygen atoms in total. The van der Waals surface area contributed by atoms with Gasteiger partial charge >= 0.3 is 12.0 Å². The van der Waals surface area contributed by atoms with Crippen molar-refractivity contribution in [1.82, 2.24) is 10.2 Å². The fourth-order valence-electron chi connectivity index (χ4n) is 3.47. The van der Waals surface area contributed by atoms with Gasteiger partial charge in [-0.2, -0.15) is 0 Å². The molecule has 0 saturated carbocycles. The number of esters is 1. The van der Waals surface area contributed by atoms with Crippen molar-refractivity contribution in [2.45, 2.75) is 20.1 Å². The standard InChI is InChI=1S/C26H24N2O7/c1-16-4-6-17(7-5-16)14-28-24(29)20(27-26(28)31)12-18-8-10-21(23(13-18)32-2)34-15-19-9-11-22(35-19)25(30)33-3/h4-13H,14-15H2,1-3H3,(H,27,31). The van der Waals surface area contributed by atoms with E-state index >= 15 is 0 Å². The number of aryl methyl sites for hydroxylation is 1. The maximum atomic E-state index is 12.8. The predicted octanol–water partition coefficient (Wildman–Crippen LogP) is 4.06. The van der Waals surface area contributed by atoms with Gasteiger partial charge in [0.2, 0.25) is 5.76 Å². The molecule has 2 heterocycles. The molecule has 0 spiro atoms. The van der Waals surface area contributed by atoms with Crippen molar-refractivity contribution in [2.75, 3.05) is 14.2 Å². The van der Waals surface area contributed by atoms with Crippen molar-refractivity contribution < 1.29 is 33.0 Å². The van der Waals surface area contributed by atoms with Crippen LogP contribution >= 0.6 is 0 Å². The molecule has 0 bridgehead atoms. The van der Waals surface area contributed by atoms with Crippen molar-refractivity contribution >= 4 is 24.0 Å². The summed E-state index contributed by atoms with van der Waals surface area (Å²) in [5.74, 6) is 0.401. The molecule has 1 aliphatic rings. The number of urea groups is 1. The average molecular weight is 476 g/mol. The van der Waals surface area contributed by atoms with Crippen LogP contribution in [0.4, 0.5) is 4.79 Å². The zero-order valence-electron chi connectivity index (χ0n) is 19.5. The summed E-state index contributed by atoms with van der Waals surface area (Å²) in [6.45, 7) is 2.22. The quantitative estimate of drug-likeness (QED) is 0.297. The normalized spacial score (nSPS) is 14.3. The number of furan rings is 1. The average Bonchev–Trinajstić information content (AvgIpc) is 3.44. The minimum atomic E-state index is -0.572. The lowest BCUT2D eigenvalue weighted by Crippen LogP contribution is -2.30. The molecule has 180 valence electrons. The van der Waals surface area contributed by atoms with Gasteiger partial charge in [0, 0.05) is 0 Å². The number of hydrogen-bond acceptors (Lipinski definition) is 7. The van der Waals surface area contributed by atoms with Crippen LogP contribution in [0, 0.1) is 6.92 Å². The van der Waals surface area contributed by atoms with Crippen LogP contribution in [0.1, 0.15) is 33.0 Å². The largest absolute Gasteiger partial charge is 0.493 e. The van der Waals surface area contributed by atoms with Crippen LogP contribution in [0.2, 0.25) is 0 Å². The number of amides is 3. The van der Waals surface area contributed by atoms with Crippen LogP contribution in [-0.2, 0) is 22.7 Å². The van der Waals surface area contributed by atoms with Crippen LogP contribution in [-0.4, -0.2) is 37.0 Å². The van der Waals surface area contributed by atoms with E-state index in [0.29, 0.717) is 22.8 Å². The molecule has 3 aromatic rings. The zero-order valence-corrected chi connectivity index (χ0v) is 19.5. The first-order valence-electron chi connectivity index (χ1n) is 10.8. The number of nitrogens with zero attached hydrogens (tertiary/aromatic N) is 1. The van der Waals surface area contributed by atoms with E-state index in [1.54, 1.807) is 30.3 Å². The van der Waals surface area contributed by atoms with Crippen molar-refractivity contribution in [1.29, 1.82) is 0 Å². The third kappa shape index (κ3) is 5.35. The smallest absolute Gasteiger partial charge is 0.373 e. The third-order valence-electron chi connectivity index (χ3n) is 5.34. The molecule has 3 amide bonds. The Balaban J connectivity index is 1.45. The molecule has 1 saturated heterocycles. The van der Waals surface area contributed by atoms with E-state index in [1.165, 1.54) is 20.3 Å². The molecule has 0 unspecified atom stereocenters. The van der Waals surface area contributed by atoms with Gasteiger partial charge in [-0.15, -0.1) is 0 Å². The Labute approximate surface area is 201 Å². The molecule has 0 aliphatic carbocycles. The van der Waals surface area contributed by atoms with Crippen molar-refractivity contribution in [3.8, 4) is 11.5 Å². The summed E-state index contributed by atoms with van der Waals surface area (Å²) >= 11 is 0. The Hall–Kier alpha value is -4.53. The Morgan fingerprint density at radius 3 is 2.51 bits per heavy atom. The van der Waals surface area contributed by atoms with Gasteiger partial charge in [-0.25, -0.2) is 9.59 Å².